The summed E-state index contributed by atoms with van der Waals surface area (Å²) in [6, 6.07) is 2.48. The second kappa shape index (κ2) is 5.43. The van der Waals surface area contributed by atoms with E-state index in [2.05, 4.69) is 20.5 Å². The van der Waals surface area contributed by atoms with Gasteiger partial charge < -0.3 is 11.1 Å². The summed E-state index contributed by atoms with van der Waals surface area (Å²) in [4.78, 5) is 15.8. The first-order valence-corrected chi connectivity index (χ1v) is 5.92. The third-order valence-electron chi connectivity index (χ3n) is 2.81. The number of alkyl halides is 3. The summed E-state index contributed by atoms with van der Waals surface area (Å²) in [5.74, 6) is -0.265. The minimum absolute atomic E-state index is 0.136. The molecule has 0 aliphatic rings. The molecule has 1 amide bonds. The zero-order valence-electron chi connectivity index (χ0n) is 10.9. The molecule has 4 N–H and O–H groups in total. The first-order valence-electron chi connectivity index (χ1n) is 5.92. The van der Waals surface area contributed by atoms with Gasteiger partial charge in [0.05, 0.1) is 11.6 Å². The molecule has 112 valence electrons. The summed E-state index contributed by atoms with van der Waals surface area (Å²) in [7, 11) is 0. The molecule has 2 aromatic rings. The Labute approximate surface area is 117 Å². The zero-order chi connectivity index (χ0) is 15.6. The summed E-state index contributed by atoms with van der Waals surface area (Å²) in [5.41, 5.74) is 3.68. The van der Waals surface area contributed by atoms with E-state index in [1.54, 1.807) is 6.92 Å². The highest BCUT2D eigenvalue weighted by Gasteiger charge is 2.33. The summed E-state index contributed by atoms with van der Waals surface area (Å²) in [5, 5.41) is 8.71. The molecule has 9 heteroatoms. The number of H-pyrrole nitrogens is 1. The van der Waals surface area contributed by atoms with E-state index >= 15 is 0 Å². The molecule has 1 aromatic carbocycles. The lowest BCUT2D eigenvalue weighted by Crippen LogP contribution is -2.27. The molecular weight excluding hydrogens is 287 g/mol. The molecule has 1 unspecified atom stereocenters. The van der Waals surface area contributed by atoms with Crippen molar-refractivity contribution in [1.82, 2.24) is 20.5 Å². The van der Waals surface area contributed by atoms with Gasteiger partial charge >= 0.3 is 6.18 Å². The maximum Gasteiger partial charge on any atom is 0.418 e. The average Bonchev–Trinajstić information content (AvgIpc) is 2.91. The normalized spacial score (nSPS) is 13.0. The molecule has 21 heavy (non-hydrogen) atoms. The molecule has 0 aliphatic heterocycles. The minimum Gasteiger partial charge on any atom is -0.398 e. The van der Waals surface area contributed by atoms with Crippen molar-refractivity contribution in [1.29, 1.82) is 0 Å². The van der Waals surface area contributed by atoms with E-state index in [9.17, 15) is 18.0 Å². The molecule has 1 atom stereocenters. The summed E-state index contributed by atoms with van der Waals surface area (Å²) in [6.45, 7) is 1.63. The van der Waals surface area contributed by atoms with Gasteiger partial charge in [0.2, 0.25) is 0 Å². The molecule has 0 radical (unpaired) electrons. The third kappa shape index (κ3) is 3.30. The lowest BCUT2D eigenvalue weighted by Gasteiger charge is -2.14. The molecule has 0 aliphatic carbocycles. The molecule has 0 bridgehead atoms. The number of aromatic amines is 1. The lowest BCUT2D eigenvalue weighted by molar-refractivity contribution is -0.136. The van der Waals surface area contributed by atoms with Crippen LogP contribution in [-0.4, -0.2) is 21.1 Å². The van der Waals surface area contributed by atoms with Crippen LogP contribution in [0.25, 0.3) is 0 Å². The standard InChI is InChI=1S/C12H12F3N5O/c1-6(10-17-5-18-20-10)19-11(21)7-2-3-9(16)8(4-7)12(13,14)15/h2-6H,16H2,1H3,(H,19,21)(H,17,18,20). The van der Waals surface area contributed by atoms with Crippen molar-refractivity contribution in [2.24, 2.45) is 0 Å². The van der Waals surface area contributed by atoms with Crippen LogP contribution in [0.4, 0.5) is 18.9 Å². The number of halogens is 3. The number of amides is 1. The number of nitrogens with one attached hydrogen (secondary N) is 2. The Morgan fingerprint density at radius 1 is 1.43 bits per heavy atom. The van der Waals surface area contributed by atoms with Crippen molar-refractivity contribution in [3.63, 3.8) is 0 Å². The van der Waals surface area contributed by atoms with Crippen molar-refractivity contribution in [3.8, 4) is 0 Å². The van der Waals surface area contributed by atoms with Crippen LogP contribution in [0.1, 0.15) is 34.7 Å². The molecule has 0 saturated heterocycles. The smallest absolute Gasteiger partial charge is 0.398 e. The molecule has 1 heterocycles. The lowest BCUT2D eigenvalue weighted by atomic mass is 10.1. The number of nitrogen functional groups attached to an aromatic ring is 1. The van der Waals surface area contributed by atoms with Crippen LogP contribution in [0.3, 0.4) is 0 Å². The maximum absolute atomic E-state index is 12.7. The molecule has 0 saturated carbocycles. The number of aromatic nitrogens is 3. The fourth-order valence-electron chi connectivity index (χ4n) is 1.71. The number of hydrogen-bond acceptors (Lipinski definition) is 4. The Hall–Kier alpha value is -2.58. The van der Waals surface area contributed by atoms with Crippen molar-refractivity contribution in [3.05, 3.63) is 41.5 Å². The SMILES string of the molecule is CC(NC(=O)c1ccc(N)c(C(F)(F)F)c1)c1ncn[nH]1. The Bertz CT molecular complexity index is 639. The second-order valence-corrected chi connectivity index (χ2v) is 4.37. The predicted octanol–water partition coefficient (Wildman–Crippen LogP) is 1.90. The Balaban J connectivity index is 2.20. The van der Waals surface area contributed by atoms with Crippen LogP contribution in [0.5, 0.6) is 0 Å². The average molecular weight is 299 g/mol. The van der Waals surface area contributed by atoms with Crippen molar-refractivity contribution >= 4 is 11.6 Å². The van der Waals surface area contributed by atoms with E-state index in [1.165, 1.54) is 12.4 Å². The number of rotatable bonds is 3. The van der Waals surface area contributed by atoms with Crippen LogP contribution in [0.15, 0.2) is 24.5 Å². The van der Waals surface area contributed by atoms with Crippen molar-refractivity contribution in [2.45, 2.75) is 19.1 Å². The van der Waals surface area contributed by atoms with E-state index in [4.69, 9.17) is 5.73 Å². The van der Waals surface area contributed by atoms with Gasteiger partial charge in [0.25, 0.3) is 5.91 Å². The van der Waals surface area contributed by atoms with Gasteiger partial charge in [-0.05, 0) is 25.1 Å². The van der Waals surface area contributed by atoms with Crippen LogP contribution in [-0.2, 0) is 6.18 Å². The number of carbonyl (C=O) groups excluding carboxylic acids is 1. The molecule has 1 aromatic heterocycles. The van der Waals surface area contributed by atoms with Crippen molar-refractivity contribution < 1.29 is 18.0 Å². The molecular formula is C12H12F3N5O. The van der Waals surface area contributed by atoms with E-state index in [1.807, 2.05) is 0 Å². The monoisotopic (exact) mass is 299 g/mol. The van der Waals surface area contributed by atoms with Gasteiger partial charge in [0.15, 0.2) is 0 Å². The number of nitrogens with zero attached hydrogens (tertiary/aromatic N) is 2. The van der Waals surface area contributed by atoms with Crippen LogP contribution < -0.4 is 11.1 Å². The summed E-state index contributed by atoms with van der Waals surface area (Å²) in [6.07, 6.45) is -3.35. The van der Waals surface area contributed by atoms with Gasteiger partial charge in [-0.1, -0.05) is 0 Å². The highest BCUT2D eigenvalue weighted by atomic mass is 19.4. The Morgan fingerprint density at radius 2 is 2.14 bits per heavy atom. The van der Waals surface area contributed by atoms with Crippen LogP contribution >= 0.6 is 0 Å². The Morgan fingerprint density at radius 3 is 2.71 bits per heavy atom. The predicted molar refractivity (Wildman–Crippen MR) is 68.1 cm³/mol. The second-order valence-electron chi connectivity index (χ2n) is 4.37. The molecule has 0 fully saturated rings. The molecule has 6 nitrogen and oxygen atoms in total. The minimum atomic E-state index is -4.61. The topological polar surface area (TPSA) is 96.7 Å². The zero-order valence-corrected chi connectivity index (χ0v) is 10.9. The fraction of sp³-hybridized carbons (Fsp3) is 0.250. The van der Waals surface area contributed by atoms with Crippen molar-refractivity contribution in [2.75, 3.05) is 5.73 Å². The van der Waals surface area contributed by atoms with Gasteiger partial charge in [-0.2, -0.15) is 18.3 Å². The van der Waals surface area contributed by atoms with Gasteiger partial charge in [-0.3, -0.25) is 9.89 Å². The van der Waals surface area contributed by atoms with Gasteiger partial charge in [-0.25, -0.2) is 4.98 Å². The number of nitrogens with two attached hydrogens (primary N) is 1. The van der Waals surface area contributed by atoms with E-state index < -0.39 is 29.4 Å². The number of carbonyl (C=O) groups is 1. The van der Waals surface area contributed by atoms with Gasteiger partial charge in [0, 0.05) is 11.3 Å². The molecule has 0 spiro atoms. The van der Waals surface area contributed by atoms with Gasteiger partial charge in [-0.15, -0.1) is 0 Å². The van der Waals surface area contributed by atoms with Crippen LogP contribution in [0.2, 0.25) is 0 Å². The summed E-state index contributed by atoms with van der Waals surface area (Å²) >= 11 is 0. The number of benzene rings is 1. The first-order chi connectivity index (χ1) is 9.79. The largest absolute Gasteiger partial charge is 0.418 e. The summed E-state index contributed by atoms with van der Waals surface area (Å²) < 4.78 is 38.2. The van der Waals surface area contributed by atoms with E-state index in [0.29, 0.717) is 5.82 Å². The van der Waals surface area contributed by atoms with Gasteiger partial charge in [0.1, 0.15) is 12.2 Å². The number of hydrogen-bond donors (Lipinski definition) is 3. The number of anilines is 1. The fourth-order valence-corrected chi connectivity index (χ4v) is 1.71. The Kier molecular flexibility index (Phi) is 3.83. The molecule has 2 rings (SSSR count). The third-order valence-corrected chi connectivity index (χ3v) is 2.81. The van der Waals surface area contributed by atoms with E-state index in [0.717, 1.165) is 12.1 Å². The highest BCUT2D eigenvalue weighted by molar-refractivity contribution is 5.95. The quantitative estimate of drug-likeness (QED) is 0.754. The van der Waals surface area contributed by atoms with Crippen LogP contribution in [0, 0.1) is 0 Å². The highest BCUT2D eigenvalue weighted by Crippen LogP contribution is 2.34. The maximum atomic E-state index is 12.7. The first kappa shape index (κ1) is 14.8. The van der Waals surface area contributed by atoms with E-state index in [-0.39, 0.29) is 5.56 Å².